The highest BCUT2D eigenvalue weighted by molar-refractivity contribution is 5.79. The molecule has 4 heteroatoms. The van der Waals surface area contributed by atoms with E-state index in [-0.39, 0.29) is 0 Å². The second kappa shape index (κ2) is 5.72. The van der Waals surface area contributed by atoms with Crippen LogP contribution in [0.25, 0.3) is 0 Å². The maximum absolute atomic E-state index is 10.1. The highest BCUT2D eigenvalue weighted by atomic mass is 16.4. The normalized spacial score (nSPS) is 23.5. The molecule has 0 aromatic rings. The Kier molecular flexibility index (Phi) is 4.49. The smallest absolute Gasteiger partial charge is 0.328 e. The van der Waals surface area contributed by atoms with Gasteiger partial charge in [-0.3, -0.25) is 0 Å². The molecule has 3 N–H and O–H groups in total. The number of rotatable bonds is 4. The molecular formula is C9H16N2O2. The Hall–Kier alpha value is -0.870. The summed E-state index contributed by atoms with van der Waals surface area (Å²) in [5.41, 5.74) is 0. The summed E-state index contributed by atoms with van der Waals surface area (Å²) in [6.45, 7) is 2.72. The van der Waals surface area contributed by atoms with Gasteiger partial charge < -0.3 is 15.7 Å². The van der Waals surface area contributed by atoms with Crippen LogP contribution in [0.2, 0.25) is 0 Å². The molecule has 74 valence electrons. The van der Waals surface area contributed by atoms with Crippen molar-refractivity contribution >= 4 is 5.97 Å². The Morgan fingerprint density at radius 3 is 3.15 bits per heavy atom. The van der Waals surface area contributed by atoms with E-state index < -0.39 is 5.97 Å². The van der Waals surface area contributed by atoms with Crippen molar-refractivity contribution in [1.29, 1.82) is 0 Å². The lowest BCUT2D eigenvalue weighted by Crippen LogP contribution is -2.43. The van der Waals surface area contributed by atoms with E-state index in [9.17, 15) is 4.79 Å². The molecule has 0 aromatic heterocycles. The Bertz CT molecular complexity index is 186. The van der Waals surface area contributed by atoms with Gasteiger partial charge in [0, 0.05) is 25.2 Å². The number of carboxylic acid groups (broad SMARTS) is 1. The fourth-order valence-corrected chi connectivity index (χ4v) is 1.42. The first-order valence-electron chi connectivity index (χ1n) is 4.62. The summed E-state index contributed by atoms with van der Waals surface area (Å²) in [6, 6.07) is 0.493. The summed E-state index contributed by atoms with van der Waals surface area (Å²) in [7, 11) is 0. The molecule has 13 heavy (non-hydrogen) atoms. The van der Waals surface area contributed by atoms with Crippen LogP contribution in [0, 0.1) is 0 Å². The largest absolute Gasteiger partial charge is 0.478 e. The maximum Gasteiger partial charge on any atom is 0.328 e. The van der Waals surface area contributed by atoms with E-state index in [4.69, 9.17) is 5.11 Å². The van der Waals surface area contributed by atoms with Gasteiger partial charge in [0.25, 0.3) is 0 Å². The molecule has 1 rings (SSSR count). The highest BCUT2D eigenvalue weighted by Gasteiger charge is 2.10. The summed E-state index contributed by atoms with van der Waals surface area (Å²) in [4.78, 5) is 10.1. The van der Waals surface area contributed by atoms with Gasteiger partial charge in [-0.25, -0.2) is 4.79 Å². The molecule has 1 heterocycles. The van der Waals surface area contributed by atoms with Gasteiger partial charge in [-0.15, -0.1) is 0 Å². The van der Waals surface area contributed by atoms with Crippen LogP contribution in [-0.4, -0.2) is 36.8 Å². The van der Waals surface area contributed by atoms with Gasteiger partial charge in [-0.1, -0.05) is 6.08 Å². The first kappa shape index (κ1) is 10.2. The second-order valence-electron chi connectivity index (χ2n) is 3.19. The van der Waals surface area contributed by atoms with Gasteiger partial charge in [0.1, 0.15) is 0 Å². The standard InChI is InChI=1S/C9H16N2O2/c12-9(13)4-2-6-11-8-3-1-5-10-7-8/h2,4,8,10-11H,1,3,5-7H2,(H,12,13)/b4-2+. The molecular weight excluding hydrogens is 168 g/mol. The lowest BCUT2D eigenvalue weighted by Gasteiger charge is -2.23. The van der Waals surface area contributed by atoms with Crippen LogP contribution in [0.1, 0.15) is 12.8 Å². The fraction of sp³-hybridized carbons (Fsp3) is 0.667. The molecule has 0 saturated carbocycles. The highest BCUT2D eigenvalue weighted by Crippen LogP contribution is 2.00. The van der Waals surface area contributed by atoms with E-state index in [2.05, 4.69) is 10.6 Å². The quantitative estimate of drug-likeness (QED) is 0.537. The Balaban J connectivity index is 2.07. The molecule has 0 aromatic carbocycles. The van der Waals surface area contributed by atoms with Crippen molar-refractivity contribution in [3.05, 3.63) is 12.2 Å². The molecule has 0 amide bonds. The van der Waals surface area contributed by atoms with Gasteiger partial charge >= 0.3 is 5.97 Å². The average molecular weight is 184 g/mol. The average Bonchev–Trinajstić information content (AvgIpc) is 2.14. The molecule has 1 fully saturated rings. The topological polar surface area (TPSA) is 61.4 Å². The van der Waals surface area contributed by atoms with Crippen molar-refractivity contribution < 1.29 is 9.90 Å². The molecule has 1 aliphatic heterocycles. The Morgan fingerprint density at radius 2 is 2.54 bits per heavy atom. The van der Waals surface area contributed by atoms with Crippen LogP contribution in [0.4, 0.5) is 0 Å². The predicted molar refractivity (Wildman–Crippen MR) is 50.7 cm³/mol. The molecule has 1 aliphatic rings. The molecule has 1 saturated heterocycles. The molecule has 0 spiro atoms. The number of carboxylic acids is 1. The van der Waals surface area contributed by atoms with Crippen LogP contribution in [-0.2, 0) is 4.79 Å². The minimum atomic E-state index is -0.886. The van der Waals surface area contributed by atoms with Crippen molar-refractivity contribution in [3.8, 4) is 0 Å². The molecule has 0 radical (unpaired) electrons. The number of piperidine rings is 1. The molecule has 1 atom stereocenters. The zero-order valence-electron chi connectivity index (χ0n) is 7.62. The summed E-state index contributed by atoms with van der Waals surface area (Å²) in [5.74, 6) is -0.886. The number of nitrogens with one attached hydrogen (secondary N) is 2. The van der Waals surface area contributed by atoms with Crippen LogP contribution in [0.5, 0.6) is 0 Å². The zero-order valence-corrected chi connectivity index (χ0v) is 7.62. The number of aliphatic carboxylic acids is 1. The summed E-state index contributed by atoms with van der Waals surface area (Å²) in [6.07, 6.45) is 5.18. The summed E-state index contributed by atoms with van der Waals surface area (Å²) in [5, 5.41) is 14.9. The van der Waals surface area contributed by atoms with Crippen LogP contribution in [0.15, 0.2) is 12.2 Å². The van der Waals surface area contributed by atoms with Crippen molar-refractivity contribution in [2.45, 2.75) is 18.9 Å². The third kappa shape index (κ3) is 4.65. The van der Waals surface area contributed by atoms with Gasteiger partial charge in [0.15, 0.2) is 0 Å². The zero-order chi connectivity index (χ0) is 9.52. The van der Waals surface area contributed by atoms with Crippen LogP contribution in [0.3, 0.4) is 0 Å². The number of hydrogen-bond donors (Lipinski definition) is 3. The van der Waals surface area contributed by atoms with Crippen molar-refractivity contribution in [3.63, 3.8) is 0 Å². The number of hydrogen-bond acceptors (Lipinski definition) is 3. The SMILES string of the molecule is O=C(O)/C=C/CNC1CCCNC1. The van der Waals surface area contributed by atoms with Gasteiger partial charge in [0.2, 0.25) is 0 Å². The number of carbonyl (C=O) groups is 1. The molecule has 0 bridgehead atoms. The van der Waals surface area contributed by atoms with E-state index in [1.807, 2.05) is 0 Å². The van der Waals surface area contributed by atoms with Crippen molar-refractivity contribution in [2.75, 3.05) is 19.6 Å². The summed E-state index contributed by atoms with van der Waals surface area (Å²) < 4.78 is 0. The van der Waals surface area contributed by atoms with E-state index in [1.54, 1.807) is 6.08 Å². The minimum absolute atomic E-state index is 0.493. The Morgan fingerprint density at radius 1 is 1.69 bits per heavy atom. The third-order valence-electron chi connectivity index (χ3n) is 2.08. The van der Waals surface area contributed by atoms with Gasteiger partial charge in [0.05, 0.1) is 0 Å². The second-order valence-corrected chi connectivity index (χ2v) is 3.19. The first-order valence-corrected chi connectivity index (χ1v) is 4.62. The third-order valence-corrected chi connectivity index (χ3v) is 2.08. The van der Waals surface area contributed by atoms with E-state index in [0.717, 1.165) is 13.1 Å². The first-order chi connectivity index (χ1) is 6.29. The van der Waals surface area contributed by atoms with Gasteiger partial charge in [-0.05, 0) is 19.4 Å². The fourth-order valence-electron chi connectivity index (χ4n) is 1.42. The lowest BCUT2D eigenvalue weighted by molar-refractivity contribution is -0.131. The van der Waals surface area contributed by atoms with E-state index in [0.29, 0.717) is 12.6 Å². The molecule has 1 unspecified atom stereocenters. The molecule has 4 nitrogen and oxygen atoms in total. The summed E-state index contributed by atoms with van der Waals surface area (Å²) >= 11 is 0. The molecule has 0 aliphatic carbocycles. The van der Waals surface area contributed by atoms with E-state index >= 15 is 0 Å². The monoisotopic (exact) mass is 184 g/mol. The van der Waals surface area contributed by atoms with E-state index in [1.165, 1.54) is 18.9 Å². The predicted octanol–water partition coefficient (Wildman–Crippen LogP) is -0.0312. The van der Waals surface area contributed by atoms with Crippen molar-refractivity contribution in [2.24, 2.45) is 0 Å². The van der Waals surface area contributed by atoms with Crippen LogP contribution >= 0.6 is 0 Å². The lowest BCUT2D eigenvalue weighted by atomic mass is 10.1. The van der Waals surface area contributed by atoms with Gasteiger partial charge in [-0.2, -0.15) is 0 Å². The maximum atomic E-state index is 10.1. The van der Waals surface area contributed by atoms with Crippen molar-refractivity contribution in [1.82, 2.24) is 10.6 Å². The Labute approximate surface area is 78.0 Å². The van der Waals surface area contributed by atoms with Crippen LogP contribution < -0.4 is 10.6 Å². The minimum Gasteiger partial charge on any atom is -0.478 e.